The molecule has 0 atom stereocenters. The first-order valence-corrected chi connectivity index (χ1v) is 13.6. The number of hydrogen-bond acceptors (Lipinski definition) is 5. The molecule has 0 radical (unpaired) electrons. The van der Waals surface area contributed by atoms with Crippen LogP contribution in [0.4, 0.5) is 0 Å². The van der Waals surface area contributed by atoms with Gasteiger partial charge in [0.2, 0.25) is 0 Å². The highest BCUT2D eigenvalue weighted by atomic mass is 16.2. The van der Waals surface area contributed by atoms with Crippen LogP contribution < -0.4 is 16.0 Å². The van der Waals surface area contributed by atoms with Gasteiger partial charge in [-0.05, 0) is 67.5 Å². The van der Waals surface area contributed by atoms with Crippen LogP contribution >= 0.6 is 0 Å². The summed E-state index contributed by atoms with van der Waals surface area (Å²) in [5.74, 6) is 1.15. The number of carbonyl (C=O) groups excluding carboxylic acids is 1. The zero-order valence-corrected chi connectivity index (χ0v) is 22.7. The van der Waals surface area contributed by atoms with Gasteiger partial charge >= 0.3 is 0 Å². The third-order valence-corrected chi connectivity index (χ3v) is 7.74. The highest BCUT2D eigenvalue weighted by Gasteiger charge is 2.26. The van der Waals surface area contributed by atoms with Crippen molar-refractivity contribution >= 4 is 25.0 Å². The van der Waals surface area contributed by atoms with Crippen molar-refractivity contribution in [2.24, 2.45) is 4.99 Å². The Kier molecular flexibility index (Phi) is 7.89. The fraction of sp³-hybridized carbons (Fsp3) is 0.355. The Labute approximate surface area is 229 Å². The molecule has 1 amide bonds. The summed E-state index contributed by atoms with van der Waals surface area (Å²) in [5.41, 5.74) is 5.52. The molecule has 1 aromatic heterocycles. The predicted molar refractivity (Wildman–Crippen MR) is 155 cm³/mol. The third kappa shape index (κ3) is 5.94. The number of hydrogen-bond donors (Lipinski definition) is 2. The lowest BCUT2D eigenvalue weighted by Gasteiger charge is -2.32. The average Bonchev–Trinajstić information content (AvgIpc) is 3.33. The molecular weight excluding hydrogens is 486 g/mol. The molecule has 2 aromatic carbocycles. The van der Waals surface area contributed by atoms with Gasteiger partial charge in [0.1, 0.15) is 11.2 Å². The van der Waals surface area contributed by atoms with E-state index in [1.807, 2.05) is 55.4 Å². The number of amides is 1. The van der Waals surface area contributed by atoms with E-state index in [2.05, 4.69) is 38.9 Å². The molecule has 3 aromatic rings. The van der Waals surface area contributed by atoms with Gasteiger partial charge in [0.05, 0.1) is 29.5 Å². The van der Waals surface area contributed by atoms with Gasteiger partial charge in [-0.3, -0.25) is 4.79 Å². The van der Waals surface area contributed by atoms with Crippen molar-refractivity contribution in [3.63, 3.8) is 0 Å². The summed E-state index contributed by atoms with van der Waals surface area (Å²) in [7, 11) is 0. The Morgan fingerprint density at radius 3 is 2.51 bits per heavy atom. The monoisotopic (exact) mass is 521 g/mol. The minimum absolute atomic E-state index is 0.0563. The van der Waals surface area contributed by atoms with E-state index < -0.39 is 0 Å². The number of H-pyrrole nitrogens is 1. The summed E-state index contributed by atoms with van der Waals surface area (Å²) in [6.45, 7) is 13.4. The largest absolute Gasteiger partial charge is 0.360 e. The van der Waals surface area contributed by atoms with Crippen molar-refractivity contribution in [1.29, 1.82) is 5.26 Å². The van der Waals surface area contributed by atoms with Crippen LogP contribution in [0.3, 0.4) is 0 Å². The minimum Gasteiger partial charge on any atom is -0.360 e. The van der Waals surface area contributed by atoms with Crippen LogP contribution in [0.2, 0.25) is 0 Å². The van der Waals surface area contributed by atoms with Crippen LogP contribution in [-0.4, -0.2) is 71.3 Å². The highest BCUT2D eigenvalue weighted by Crippen LogP contribution is 2.30. The van der Waals surface area contributed by atoms with E-state index in [1.165, 1.54) is 5.56 Å². The zero-order valence-electron chi connectivity index (χ0n) is 22.7. The Bertz CT molecular complexity index is 1520. The van der Waals surface area contributed by atoms with Crippen molar-refractivity contribution in [3.05, 3.63) is 74.9 Å². The van der Waals surface area contributed by atoms with E-state index in [4.69, 9.17) is 10.2 Å². The summed E-state index contributed by atoms with van der Waals surface area (Å²) in [5, 5.41) is 13.8. The number of imidazole rings is 1. The second-order valence-electron chi connectivity index (χ2n) is 10.4. The molecule has 8 heteroatoms. The molecule has 2 N–H and O–H groups in total. The van der Waals surface area contributed by atoms with Crippen LogP contribution in [0.15, 0.2) is 41.4 Å². The lowest BCUT2D eigenvalue weighted by atomic mass is 9.88. The Balaban J connectivity index is 1.32. The molecule has 0 bridgehead atoms. The molecule has 0 unspecified atom stereocenters. The van der Waals surface area contributed by atoms with E-state index in [0.29, 0.717) is 46.7 Å². The molecule has 0 saturated carbocycles. The first-order valence-electron chi connectivity index (χ1n) is 13.6. The molecule has 200 valence electrons. The van der Waals surface area contributed by atoms with E-state index in [9.17, 15) is 4.79 Å². The van der Waals surface area contributed by atoms with Gasteiger partial charge in [-0.25, -0.2) is 9.98 Å². The fourth-order valence-electron chi connectivity index (χ4n) is 5.41. The van der Waals surface area contributed by atoms with Gasteiger partial charge in [-0.15, -0.1) is 0 Å². The van der Waals surface area contributed by atoms with Crippen molar-refractivity contribution in [2.75, 3.05) is 39.3 Å². The molecule has 0 aliphatic carbocycles. The van der Waals surface area contributed by atoms with E-state index >= 15 is 0 Å². The number of aryl methyl sites for hydroxylation is 2. The Hall–Kier alpha value is -4.22. The van der Waals surface area contributed by atoms with Crippen molar-refractivity contribution in [1.82, 2.24) is 25.1 Å². The molecule has 5 rings (SSSR count). The number of piperidine rings is 1. The van der Waals surface area contributed by atoms with Gasteiger partial charge < -0.3 is 20.1 Å². The highest BCUT2D eigenvalue weighted by molar-refractivity contribution is 5.97. The van der Waals surface area contributed by atoms with Gasteiger partial charge in [0, 0.05) is 50.4 Å². The number of nitrogens with zero attached hydrogens (tertiary/aromatic N) is 5. The van der Waals surface area contributed by atoms with Gasteiger partial charge in [0.25, 0.3) is 5.91 Å². The van der Waals surface area contributed by atoms with Gasteiger partial charge in [-0.2, -0.15) is 5.26 Å². The van der Waals surface area contributed by atoms with Crippen LogP contribution in [0.1, 0.15) is 51.4 Å². The van der Waals surface area contributed by atoms with E-state index in [-0.39, 0.29) is 5.91 Å². The summed E-state index contributed by atoms with van der Waals surface area (Å²) in [6.07, 6.45) is 5.41. The maximum absolute atomic E-state index is 13.6. The Morgan fingerprint density at radius 2 is 1.82 bits per heavy atom. The minimum atomic E-state index is 0.0563. The number of aliphatic imine (C=N–C) groups is 1. The predicted octanol–water partition coefficient (Wildman–Crippen LogP) is 2.67. The molecule has 2 saturated heterocycles. The summed E-state index contributed by atoms with van der Waals surface area (Å²) < 4.78 is 0. The molecular formula is C31H35N7O. The molecule has 39 heavy (non-hydrogen) atoms. The number of aromatic nitrogens is 2. The molecule has 8 nitrogen and oxygen atoms in total. The van der Waals surface area contributed by atoms with Crippen molar-refractivity contribution in [3.8, 4) is 17.5 Å². The second-order valence-corrected chi connectivity index (χ2v) is 10.4. The SMILES string of the molecule is C=c1[nH]c(-c2cc(C(=O)N3CCC(c4ccc(C#N)cc4)CC3)c(C)cc2C)n/c1=C/N=CN1CCNCC1. The van der Waals surface area contributed by atoms with Gasteiger partial charge in [0.15, 0.2) is 0 Å². The normalized spacial score (nSPS) is 17.1. The summed E-state index contributed by atoms with van der Waals surface area (Å²) in [6, 6.07) is 14.0. The molecule has 2 aliphatic rings. The van der Waals surface area contributed by atoms with E-state index in [1.54, 1.807) is 6.20 Å². The number of carbonyl (C=O) groups is 1. The summed E-state index contributed by atoms with van der Waals surface area (Å²) in [4.78, 5) is 30.3. The molecule has 0 spiro atoms. The number of nitrogens with one attached hydrogen (secondary N) is 2. The molecule has 2 aliphatic heterocycles. The van der Waals surface area contributed by atoms with Crippen molar-refractivity contribution < 1.29 is 4.79 Å². The first kappa shape index (κ1) is 26.4. The first-order chi connectivity index (χ1) is 18.9. The molecule has 3 heterocycles. The summed E-state index contributed by atoms with van der Waals surface area (Å²) >= 11 is 0. The van der Waals surface area contributed by atoms with Crippen LogP contribution in [0.5, 0.6) is 0 Å². The third-order valence-electron chi connectivity index (χ3n) is 7.74. The average molecular weight is 522 g/mol. The number of aromatic amines is 1. The topological polar surface area (TPSA) is 100 Å². The Morgan fingerprint density at radius 1 is 1.10 bits per heavy atom. The zero-order chi connectivity index (χ0) is 27.4. The fourth-order valence-corrected chi connectivity index (χ4v) is 5.41. The smallest absolute Gasteiger partial charge is 0.254 e. The van der Waals surface area contributed by atoms with Gasteiger partial charge in [-0.1, -0.05) is 24.8 Å². The maximum atomic E-state index is 13.6. The number of likely N-dealkylation sites (tertiary alicyclic amines) is 1. The van der Waals surface area contributed by atoms with Crippen molar-refractivity contribution in [2.45, 2.75) is 32.6 Å². The quantitative estimate of drug-likeness (QED) is 0.397. The lowest BCUT2D eigenvalue weighted by Crippen LogP contribution is -2.42. The van der Waals surface area contributed by atoms with Crippen LogP contribution in [0.25, 0.3) is 24.2 Å². The number of piperazine rings is 1. The standard InChI is InChI=1S/C31H35N7O/c1-21-16-22(2)28(31(39)38-12-8-26(9-13-38)25-6-4-24(18-32)5-7-25)17-27(21)30-35-23(3)29(36-30)19-34-20-37-14-10-33-11-15-37/h4-7,16-17,19-20,26,33H,3,8-15H2,1-2H3,(H,35,36)/b29-19+,34-20?. The van der Waals surface area contributed by atoms with Crippen LogP contribution in [0, 0.1) is 25.2 Å². The maximum Gasteiger partial charge on any atom is 0.254 e. The van der Waals surface area contributed by atoms with E-state index in [0.717, 1.165) is 55.7 Å². The lowest BCUT2D eigenvalue weighted by molar-refractivity contribution is 0.0712. The second kappa shape index (κ2) is 11.7. The molecule has 2 fully saturated rings. The number of benzene rings is 2. The van der Waals surface area contributed by atoms with Crippen LogP contribution in [-0.2, 0) is 0 Å². The number of nitriles is 1. The number of rotatable bonds is 5.